The summed E-state index contributed by atoms with van der Waals surface area (Å²) in [7, 11) is 0. The number of carbonyl (C=O) groups is 1. The van der Waals surface area contributed by atoms with E-state index < -0.39 is 0 Å². The predicted octanol–water partition coefficient (Wildman–Crippen LogP) is 3.64. The van der Waals surface area contributed by atoms with Crippen LogP contribution in [-0.4, -0.2) is 45.7 Å². The Balaban J connectivity index is 1.65. The van der Waals surface area contributed by atoms with Crippen molar-refractivity contribution >= 4 is 29.3 Å². The second kappa shape index (κ2) is 9.57. The number of amides is 1. The minimum Gasteiger partial charge on any atom is -0.376 e. The third-order valence-electron chi connectivity index (χ3n) is 4.25. The molecule has 3 rings (SSSR count). The maximum absolute atomic E-state index is 12.2. The molecule has 6 nitrogen and oxygen atoms in total. The van der Waals surface area contributed by atoms with Crippen LogP contribution in [0.5, 0.6) is 0 Å². The highest BCUT2D eigenvalue weighted by Crippen LogP contribution is 2.26. The number of rotatable bonds is 8. The van der Waals surface area contributed by atoms with Crippen LogP contribution >= 0.6 is 23.4 Å². The molecule has 0 bridgehead atoms. The summed E-state index contributed by atoms with van der Waals surface area (Å²) in [6.45, 7) is 6.45. The van der Waals surface area contributed by atoms with Gasteiger partial charge in [-0.3, -0.25) is 4.79 Å². The molecular weight excluding hydrogens is 384 g/mol. The van der Waals surface area contributed by atoms with Crippen LogP contribution in [0.15, 0.2) is 29.4 Å². The SMILES string of the molecule is CC(C)Cn1c(SCC(=O)NCC2CCCO2)nnc1-c1ccc(Cl)cc1. The quantitative estimate of drug-likeness (QED) is 0.675. The summed E-state index contributed by atoms with van der Waals surface area (Å²) in [5.74, 6) is 1.52. The van der Waals surface area contributed by atoms with E-state index in [1.165, 1.54) is 11.8 Å². The normalized spacial score (nSPS) is 16.8. The number of hydrogen-bond acceptors (Lipinski definition) is 5. The highest BCUT2D eigenvalue weighted by molar-refractivity contribution is 7.99. The number of hydrogen-bond donors (Lipinski definition) is 1. The molecule has 2 aromatic rings. The van der Waals surface area contributed by atoms with Crippen molar-refractivity contribution in [1.29, 1.82) is 0 Å². The van der Waals surface area contributed by atoms with E-state index in [4.69, 9.17) is 16.3 Å². The molecular formula is C19H25ClN4O2S. The maximum atomic E-state index is 12.2. The lowest BCUT2D eigenvalue weighted by Gasteiger charge is -2.13. The van der Waals surface area contributed by atoms with Crippen molar-refractivity contribution in [2.75, 3.05) is 18.9 Å². The van der Waals surface area contributed by atoms with Crippen molar-refractivity contribution in [3.05, 3.63) is 29.3 Å². The molecule has 1 amide bonds. The van der Waals surface area contributed by atoms with Crippen LogP contribution in [0.2, 0.25) is 5.02 Å². The van der Waals surface area contributed by atoms with Gasteiger partial charge in [0.1, 0.15) is 0 Å². The van der Waals surface area contributed by atoms with Crippen LogP contribution < -0.4 is 5.32 Å². The van der Waals surface area contributed by atoms with Crippen LogP contribution in [-0.2, 0) is 16.1 Å². The number of aromatic nitrogens is 3. The van der Waals surface area contributed by atoms with Crippen molar-refractivity contribution in [2.45, 2.75) is 44.5 Å². The van der Waals surface area contributed by atoms with E-state index in [0.29, 0.717) is 23.2 Å². The number of nitrogens with zero attached hydrogens (tertiary/aromatic N) is 3. The Morgan fingerprint density at radius 3 is 2.81 bits per heavy atom. The van der Waals surface area contributed by atoms with Crippen LogP contribution in [0.4, 0.5) is 0 Å². The Morgan fingerprint density at radius 1 is 1.37 bits per heavy atom. The molecule has 0 radical (unpaired) electrons. The molecule has 146 valence electrons. The molecule has 1 aromatic heterocycles. The first kappa shape index (κ1) is 20.2. The van der Waals surface area contributed by atoms with E-state index in [1.54, 1.807) is 0 Å². The molecule has 8 heteroatoms. The van der Waals surface area contributed by atoms with Gasteiger partial charge >= 0.3 is 0 Å². The largest absolute Gasteiger partial charge is 0.376 e. The lowest BCUT2D eigenvalue weighted by atomic mass is 10.2. The molecule has 27 heavy (non-hydrogen) atoms. The van der Waals surface area contributed by atoms with E-state index in [-0.39, 0.29) is 12.0 Å². The zero-order valence-electron chi connectivity index (χ0n) is 15.7. The van der Waals surface area contributed by atoms with Gasteiger partial charge in [0.25, 0.3) is 0 Å². The Labute approximate surface area is 169 Å². The molecule has 0 saturated carbocycles. The first-order valence-electron chi connectivity index (χ1n) is 9.23. The first-order valence-corrected chi connectivity index (χ1v) is 10.6. The van der Waals surface area contributed by atoms with Crippen LogP contribution in [0.1, 0.15) is 26.7 Å². The van der Waals surface area contributed by atoms with Gasteiger partial charge in [0.05, 0.1) is 11.9 Å². The molecule has 2 heterocycles. The summed E-state index contributed by atoms with van der Waals surface area (Å²) in [5.41, 5.74) is 0.960. The van der Waals surface area contributed by atoms with Crippen LogP contribution in [0, 0.1) is 5.92 Å². The van der Waals surface area contributed by atoms with Crippen molar-refractivity contribution < 1.29 is 9.53 Å². The lowest BCUT2D eigenvalue weighted by Crippen LogP contribution is -2.33. The summed E-state index contributed by atoms with van der Waals surface area (Å²) in [5, 5.41) is 13.0. The van der Waals surface area contributed by atoms with Gasteiger partial charge < -0.3 is 14.6 Å². The number of nitrogens with one attached hydrogen (secondary N) is 1. The smallest absolute Gasteiger partial charge is 0.230 e. The van der Waals surface area contributed by atoms with Gasteiger partial charge in [-0.05, 0) is 43.0 Å². The Morgan fingerprint density at radius 2 is 2.15 bits per heavy atom. The molecule has 1 aromatic carbocycles. The number of thioether (sulfide) groups is 1. The van der Waals surface area contributed by atoms with E-state index in [0.717, 1.165) is 42.5 Å². The van der Waals surface area contributed by atoms with E-state index >= 15 is 0 Å². The highest BCUT2D eigenvalue weighted by atomic mass is 35.5. The summed E-state index contributed by atoms with van der Waals surface area (Å²) in [4.78, 5) is 12.2. The van der Waals surface area contributed by atoms with Gasteiger partial charge in [-0.2, -0.15) is 0 Å². The molecule has 1 fully saturated rings. The number of carbonyl (C=O) groups excluding carboxylic acids is 1. The number of ether oxygens (including phenoxy) is 1. The summed E-state index contributed by atoms with van der Waals surface area (Å²) < 4.78 is 7.61. The van der Waals surface area contributed by atoms with Gasteiger partial charge in [-0.25, -0.2) is 0 Å². The molecule has 0 spiro atoms. The van der Waals surface area contributed by atoms with E-state index in [1.807, 2.05) is 24.3 Å². The predicted molar refractivity (Wildman–Crippen MR) is 108 cm³/mol. The third kappa shape index (κ3) is 5.70. The molecule has 1 saturated heterocycles. The second-order valence-corrected chi connectivity index (χ2v) is 8.42. The van der Waals surface area contributed by atoms with Gasteiger partial charge in [0, 0.05) is 30.3 Å². The lowest BCUT2D eigenvalue weighted by molar-refractivity contribution is -0.119. The Kier molecular flexibility index (Phi) is 7.15. The Hall–Kier alpha value is -1.57. The van der Waals surface area contributed by atoms with Crippen LogP contribution in [0.25, 0.3) is 11.4 Å². The minimum atomic E-state index is -0.0114. The molecule has 0 aliphatic carbocycles. The third-order valence-corrected chi connectivity index (χ3v) is 5.47. The first-order chi connectivity index (χ1) is 13.0. The van der Waals surface area contributed by atoms with Crippen molar-refractivity contribution in [1.82, 2.24) is 20.1 Å². The zero-order chi connectivity index (χ0) is 19.2. The fourth-order valence-electron chi connectivity index (χ4n) is 2.95. The van der Waals surface area contributed by atoms with Crippen molar-refractivity contribution in [2.24, 2.45) is 5.92 Å². The van der Waals surface area contributed by atoms with Crippen LogP contribution in [0.3, 0.4) is 0 Å². The second-order valence-electron chi connectivity index (χ2n) is 7.05. The minimum absolute atomic E-state index is 0.0114. The van der Waals surface area contributed by atoms with Gasteiger partial charge in [-0.1, -0.05) is 37.2 Å². The highest BCUT2D eigenvalue weighted by Gasteiger charge is 2.18. The molecule has 1 atom stereocenters. The zero-order valence-corrected chi connectivity index (χ0v) is 17.2. The van der Waals surface area contributed by atoms with E-state index in [2.05, 4.69) is 33.9 Å². The number of halogens is 1. The average molecular weight is 409 g/mol. The standard InChI is InChI=1S/C19H25ClN4O2S/c1-13(2)11-24-18(14-5-7-15(20)8-6-14)22-23-19(24)27-12-17(25)21-10-16-4-3-9-26-16/h5-8,13,16H,3-4,9-12H2,1-2H3,(H,21,25). The summed E-state index contributed by atoms with van der Waals surface area (Å²) in [6.07, 6.45) is 2.24. The van der Waals surface area contributed by atoms with Crippen molar-refractivity contribution in [3.8, 4) is 11.4 Å². The average Bonchev–Trinajstić information content (AvgIpc) is 3.29. The van der Waals surface area contributed by atoms with Gasteiger partial charge in [0.2, 0.25) is 5.91 Å². The monoisotopic (exact) mass is 408 g/mol. The number of benzene rings is 1. The van der Waals surface area contributed by atoms with E-state index in [9.17, 15) is 4.79 Å². The fraction of sp³-hybridized carbons (Fsp3) is 0.526. The summed E-state index contributed by atoms with van der Waals surface area (Å²) >= 11 is 7.40. The summed E-state index contributed by atoms with van der Waals surface area (Å²) in [6, 6.07) is 7.56. The fourth-order valence-corrected chi connectivity index (χ4v) is 3.86. The molecule has 1 unspecified atom stereocenters. The Bertz CT molecular complexity index is 758. The van der Waals surface area contributed by atoms with Gasteiger partial charge in [-0.15, -0.1) is 10.2 Å². The molecule has 1 aliphatic rings. The van der Waals surface area contributed by atoms with Crippen molar-refractivity contribution in [3.63, 3.8) is 0 Å². The van der Waals surface area contributed by atoms with Gasteiger partial charge in [0.15, 0.2) is 11.0 Å². The maximum Gasteiger partial charge on any atom is 0.230 e. The molecule has 1 N–H and O–H groups in total. The topological polar surface area (TPSA) is 69.0 Å². The molecule has 1 aliphatic heterocycles.